The average Bonchev–Trinajstić information content (AvgIpc) is 3.29. The van der Waals surface area contributed by atoms with Gasteiger partial charge in [0.15, 0.2) is 6.29 Å². The molecule has 0 bridgehead atoms. The lowest BCUT2D eigenvalue weighted by molar-refractivity contribution is -0.303. The molecule has 11 heteroatoms. The number of ether oxygens (including phenoxy) is 2. The maximum atomic E-state index is 13.0. The number of aliphatic hydroxyl groups is 7. The summed E-state index contributed by atoms with van der Waals surface area (Å²) in [5.41, 5.74) is 0. The molecule has 0 radical (unpaired) electrons. The van der Waals surface area contributed by atoms with Gasteiger partial charge in [0.1, 0.15) is 36.6 Å². The van der Waals surface area contributed by atoms with Crippen LogP contribution in [0.15, 0.2) is 0 Å². The maximum Gasteiger partial charge on any atom is 0.249 e. The van der Waals surface area contributed by atoms with Crippen LogP contribution in [0.3, 0.4) is 0 Å². The van der Waals surface area contributed by atoms with Gasteiger partial charge in [-0.05, 0) is 12.8 Å². The fourth-order valence-electron chi connectivity index (χ4n) is 9.15. The molecule has 0 saturated carbocycles. The van der Waals surface area contributed by atoms with Crippen LogP contribution in [0.25, 0.3) is 0 Å². The van der Waals surface area contributed by atoms with Crippen molar-refractivity contribution in [1.29, 1.82) is 0 Å². The van der Waals surface area contributed by atoms with Crippen molar-refractivity contribution in [2.45, 2.75) is 319 Å². The molecule has 64 heavy (non-hydrogen) atoms. The largest absolute Gasteiger partial charge is 0.394 e. The Hall–Kier alpha value is -0.890. The van der Waals surface area contributed by atoms with E-state index in [0.717, 1.165) is 32.1 Å². The monoisotopic (exact) mass is 916 g/mol. The summed E-state index contributed by atoms with van der Waals surface area (Å²) in [6.45, 7) is 3.26. The summed E-state index contributed by atoms with van der Waals surface area (Å²) in [6, 6.07) is -1.16. The van der Waals surface area contributed by atoms with E-state index in [1.165, 1.54) is 193 Å². The molecule has 0 aliphatic carbocycles. The number of hydrogen-bond acceptors (Lipinski definition) is 10. The molecule has 0 spiro atoms. The second-order valence-electron chi connectivity index (χ2n) is 19.7. The zero-order valence-electron chi connectivity index (χ0n) is 41.5. The van der Waals surface area contributed by atoms with Crippen LogP contribution in [-0.2, 0) is 14.3 Å². The quantitative estimate of drug-likeness (QED) is 0.0273. The summed E-state index contributed by atoms with van der Waals surface area (Å²) in [5, 5.41) is 74.8. The molecule has 1 saturated heterocycles. The summed E-state index contributed by atoms with van der Waals surface area (Å²) in [6.07, 6.45) is 37.5. The summed E-state index contributed by atoms with van der Waals surface area (Å²) in [5.74, 6) is -0.701. The average molecular weight is 916 g/mol. The van der Waals surface area contributed by atoms with Gasteiger partial charge >= 0.3 is 0 Å². The normalized spacial score (nSPS) is 20.9. The van der Waals surface area contributed by atoms with E-state index in [1.54, 1.807) is 0 Å². The Bertz CT molecular complexity index is 1010. The fraction of sp³-hybridized carbons (Fsp3) is 0.981. The van der Waals surface area contributed by atoms with Gasteiger partial charge in [-0.1, -0.05) is 251 Å². The lowest BCUT2D eigenvalue weighted by atomic mass is 9.98. The molecule has 8 N–H and O–H groups in total. The highest BCUT2D eigenvalue weighted by molar-refractivity contribution is 5.80. The first kappa shape index (κ1) is 61.1. The summed E-state index contributed by atoms with van der Waals surface area (Å²) in [4.78, 5) is 13.0. The molecule has 1 heterocycles. The lowest BCUT2D eigenvalue weighted by Gasteiger charge is -2.40. The van der Waals surface area contributed by atoms with Crippen molar-refractivity contribution >= 4 is 5.91 Å². The Morgan fingerprint density at radius 2 is 0.812 bits per heavy atom. The molecule has 1 aliphatic heterocycles. The van der Waals surface area contributed by atoms with Crippen molar-refractivity contribution < 1.29 is 50.0 Å². The van der Waals surface area contributed by atoms with Gasteiger partial charge in [-0.25, -0.2) is 0 Å². The van der Waals surface area contributed by atoms with Gasteiger partial charge < -0.3 is 50.5 Å². The summed E-state index contributed by atoms with van der Waals surface area (Å²) < 4.78 is 11.0. The van der Waals surface area contributed by atoms with Gasteiger partial charge in [-0.2, -0.15) is 0 Å². The Morgan fingerprint density at radius 1 is 0.484 bits per heavy atom. The molecule has 382 valence electrons. The van der Waals surface area contributed by atoms with Gasteiger partial charge in [0, 0.05) is 0 Å². The van der Waals surface area contributed by atoms with Crippen molar-refractivity contribution in [2.24, 2.45) is 0 Å². The molecule has 0 aromatic carbocycles. The van der Waals surface area contributed by atoms with E-state index in [0.29, 0.717) is 19.3 Å². The van der Waals surface area contributed by atoms with Crippen LogP contribution in [0.5, 0.6) is 0 Å². The van der Waals surface area contributed by atoms with Crippen molar-refractivity contribution in [2.75, 3.05) is 13.2 Å². The van der Waals surface area contributed by atoms with Gasteiger partial charge in [0.05, 0.1) is 25.4 Å². The molecular weight excluding hydrogens is 811 g/mol. The van der Waals surface area contributed by atoms with E-state index >= 15 is 0 Å². The SMILES string of the molecule is CCCCCCCCCCCCCCCCCCCCCCCCCCCCCCCCCCCCC(O)C(=O)NC(COC1OC(CO)C(O)C(O)C1O)C(O)C(O)CCCCC. The Morgan fingerprint density at radius 3 is 1.17 bits per heavy atom. The topological polar surface area (TPSA) is 189 Å². The van der Waals surface area contributed by atoms with Crippen LogP contribution in [-0.4, -0.2) is 110 Å². The van der Waals surface area contributed by atoms with E-state index in [-0.39, 0.29) is 6.42 Å². The number of rotatable bonds is 47. The summed E-state index contributed by atoms with van der Waals surface area (Å²) in [7, 11) is 0. The third kappa shape index (κ3) is 32.0. The smallest absolute Gasteiger partial charge is 0.249 e. The van der Waals surface area contributed by atoms with E-state index < -0.39 is 74.2 Å². The maximum absolute atomic E-state index is 13.0. The second-order valence-corrected chi connectivity index (χ2v) is 19.7. The van der Waals surface area contributed by atoms with Crippen LogP contribution in [0.4, 0.5) is 0 Å². The zero-order chi connectivity index (χ0) is 46.9. The van der Waals surface area contributed by atoms with Crippen LogP contribution < -0.4 is 5.32 Å². The van der Waals surface area contributed by atoms with E-state index in [9.17, 15) is 40.5 Å². The third-order valence-electron chi connectivity index (χ3n) is 13.7. The third-order valence-corrected chi connectivity index (χ3v) is 13.7. The standard InChI is InChI=1S/C53H105NO10/c1-3-5-7-8-9-10-11-12-13-14-15-16-17-18-19-20-21-22-23-24-25-26-27-28-29-30-31-32-33-34-35-36-37-39-41-46(57)52(62)54-44(48(58)45(56)40-38-6-4-2)43-63-53-51(61)50(60)49(59)47(42-55)64-53/h44-51,53,55-61H,3-43H2,1-2H3,(H,54,62). The van der Waals surface area contributed by atoms with E-state index in [1.807, 2.05) is 6.92 Å². The minimum Gasteiger partial charge on any atom is -0.394 e. The van der Waals surface area contributed by atoms with Crippen LogP contribution >= 0.6 is 0 Å². The fourth-order valence-corrected chi connectivity index (χ4v) is 9.15. The minimum absolute atomic E-state index is 0.265. The van der Waals surface area contributed by atoms with Crippen LogP contribution in [0.2, 0.25) is 0 Å². The molecule has 11 nitrogen and oxygen atoms in total. The molecule has 0 aromatic heterocycles. The van der Waals surface area contributed by atoms with E-state index in [4.69, 9.17) is 9.47 Å². The minimum atomic E-state index is -1.65. The highest BCUT2D eigenvalue weighted by Gasteiger charge is 2.44. The molecule has 1 fully saturated rings. The lowest BCUT2D eigenvalue weighted by Crippen LogP contribution is -2.60. The summed E-state index contributed by atoms with van der Waals surface area (Å²) >= 11 is 0. The predicted octanol–water partition coefficient (Wildman–Crippen LogP) is 10.6. The number of unbranched alkanes of at least 4 members (excludes halogenated alkanes) is 35. The van der Waals surface area contributed by atoms with Crippen molar-refractivity contribution in [3.63, 3.8) is 0 Å². The van der Waals surface area contributed by atoms with E-state index in [2.05, 4.69) is 12.2 Å². The number of aliphatic hydroxyl groups excluding tert-OH is 7. The predicted molar refractivity (Wildman–Crippen MR) is 261 cm³/mol. The molecule has 1 amide bonds. The van der Waals surface area contributed by atoms with Gasteiger partial charge in [-0.15, -0.1) is 0 Å². The highest BCUT2D eigenvalue weighted by atomic mass is 16.7. The first-order valence-electron chi connectivity index (χ1n) is 27.4. The Balaban J connectivity index is 2.00. The molecule has 9 atom stereocenters. The van der Waals surface area contributed by atoms with Crippen molar-refractivity contribution in [1.82, 2.24) is 5.32 Å². The molecular formula is C53H105NO10. The number of carbonyl (C=O) groups is 1. The molecule has 0 aromatic rings. The van der Waals surface area contributed by atoms with Crippen LogP contribution in [0, 0.1) is 0 Å². The molecule has 1 aliphatic rings. The highest BCUT2D eigenvalue weighted by Crippen LogP contribution is 2.23. The first-order valence-corrected chi connectivity index (χ1v) is 27.4. The van der Waals surface area contributed by atoms with Gasteiger partial charge in [0.2, 0.25) is 5.91 Å². The van der Waals surface area contributed by atoms with Gasteiger partial charge in [-0.3, -0.25) is 4.79 Å². The number of hydrogen-bond donors (Lipinski definition) is 8. The van der Waals surface area contributed by atoms with Crippen molar-refractivity contribution in [3.05, 3.63) is 0 Å². The zero-order valence-corrected chi connectivity index (χ0v) is 41.5. The Kier molecular flexibility index (Phi) is 41.4. The molecule has 9 unspecified atom stereocenters. The van der Waals surface area contributed by atoms with Crippen molar-refractivity contribution in [3.8, 4) is 0 Å². The van der Waals surface area contributed by atoms with Gasteiger partial charge in [0.25, 0.3) is 0 Å². The number of carbonyl (C=O) groups excluding carboxylic acids is 1. The second kappa shape index (κ2) is 43.4. The number of amides is 1. The van der Waals surface area contributed by atoms with Crippen LogP contribution in [0.1, 0.15) is 264 Å². The number of nitrogens with one attached hydrogen (secondary N) is 1. The Labute approximate surface area is 392 Å². The first-order chi connectivity index (χ1) is 31.2. The molecule has 1 rings (SSSR count).